The highest BCUT2D eigenvalue weighted by molar-refractivity contribution is 5.98. The largest absolute Gasteiger partial charge is 0.478 e. The minimum Gasteiger partial charge on any atom is -0.478 e. The summed E-state index contributed by atoms with van der Waals surface area (Å²) in [5.74, 6) is -3.60. The number of dihydropyridines is 1. The first kappa shape index (κ1) is 28.2. The molecule has 1 aromatic carbocycles. The molecule has 0 aliphatic carbocycles. The minimum absolute atomic E-state index is 0.149. The van der Waals surface area contributed by atoms with Crippen molar-refractivity contribution in [2.24, 2.45) is 5.92 Å². The van der Waals surface area contributed by atoms with Crippen molar-refractivity contribution in [3.05, 3.63) is 52.1 Å². The van der Waals surface area contributed by atoms with E-state index in [9.17, 15) is 29.0 Å². The van der Waals surface area contributed by atoms with Crippen molar-refractivity contribution in [1.82, 2.24) is 15.5 Å². The van der Waals surface area contributed by atoms with Gasteiger partial charge in [-0.2, -0.15) is 0 Å². The van der Waals surface area contributed by atoms with Crippen LogP contribution in [-0.4, -0.2) is 59.3 Å². The molecule has 10 heteroatoms. The molecule has 2 amide bonds. The van der Waals surface area contributed by atoms with E-state index in [0.29, 0.717) is 17.9 Å². The van der Waals surface area contributed by atoms with Crippen LogP contribution >= 0.6 is 0 Å². The number of aliphatic carboxylic acids is 2. The maximum Gasteiger partial charge on any atom is 0.334 e. The Kier molecular flexibility index (Phi) is 9.68. The summed E-state index contributed by atoms with van der Waals surface area (Å²) in [7, 11) is 0. The highest BCUT2D eigenvalue weighted by atomic mass is 19.1. The molecule has 1 saturated heterocycles. The number of carbonyl (C=O) groups excluding carboxylic acids is 1. The zero-order chi connectivity index (χ0) is 27.1. The Morgan fingerprint density at radius 1 is 1.08 bits per heavy atom. The molecule has 2 heterocycles. The Morgan fingerprint density at radius 3 is 2.27 bits per heavy atom. The van der Waals surface area contributed by atoms with E-state index in [0.717, 1.165) is 38.0 Å². The number of urea groups is 1. The molecule has 0 bridgehead atoms. The predicted molar refractivity (Wildman–Crippen MR) is 139 cm³/mol. The second-order valence-electron chi connectivity index (χ2n) is 9.79. The van der Waals surface area contributed by atoms with Crippen LogP contribution in [0, 0.1) is 11.7 Å². The van der Waals surface area contributed by atoms with Crippen molar-refractivity contribution in [2.75, 3.05) is 31.5 Å². The molecule has 37 heavy (non-hydrogen) atoms. The van der Waals surface area contributed by atoms with Gasteiger partial charge in [-0.05, 0) is 76.4 Å². The lowest BCUT2D eigenvalue weighted by atomic mass is 9.80. The molecule has 1 fully saturated rings. The van der Waals surface area contributed by atoms with Crippen LogP contribution in [0.5, 0.6) is 0 Å². The Labute approximate surface area is 216 Å². The van der Waals surface area contributed by atoms with Gasteiger partial charge >= 0.3 is 18.0 Å². The van der Waals surface area contributed by atoms with Gasteiger partial charge in [0.1, 0.15) is 5.82 Å². The molecule has 0 saturated carbocycles. The van der Waals surface area contributed by atoms with Crippen LogP contribution in [0.25, 0.3) is 0 Å². The molecule has 2 aliphatic rings. The molecule has 9 nitrogen and oxygen atoms in total. The molecule has 2 aliphatic heterocycles. The molecular weight excluding hydrogens is 479 g/mol. The third kappa shape index (κ3) is 7.09. The lowest BCUT2D eigenvalue weighted by Gasteiger charge is -2.31. The summed E-state index contributed by atoms with van der Waals surface area (Å²) in [5.41, 5.74) is 0.388. The number of carboxylic acids is 2. The maximum absolute atomic E-state index is 14.6. The van der Waals surface area contributed by atoms with Crippen LogP contribution in [0.1, 0.15) is 64.4 Å². The Hall–Kier alpha value is -3.40. The van der Waals surface area contributed by atoms with Gasteiger partial charge in [-0.15, -0.1) is 0 Å². The topological polar surface area (TPSA) is 131 Å². The van der Waals surface area contributed by atoms with Gasteiger partial charge in [-0.25, -0.2) is 18.8 Å². The van der Waals surface area contributed by atoms with Gasteiger partial charge in [0.2, 0.25) is 0 Å². The van der Waals surface area contributed by atoms with Crippen LogP contribution in [0.4, 0.5) is 14.9 Å². The third-order valence-electron chi connectivity index (χ3n) is 7.13. The number of nitrogens with one attached hydrogen (secondary N) is 3. The summed E-state index contributed by atoms with van der Waals surface area (Å²) >= 11 is 0. The van der Waals surface area contributed by atoms with Gasteiger partial charge in [-0.3, -0.25) is 0 Å². The van der Waals surface area contributed by atoms with Gasteiger partial charge < -0.3 is 31.1 Å². The molecule has 0 radical (unpaired) electrons. The number of carboxylic acid groups (broad SMARTS) is 2. The van der Waals surface area contributed by atoms with Crippen molar-refractivity contribution in [3.63, 3.8) is 0 Å². The lowest BCUT2D eigenvalue weighted by Crippen LogP contribution is -2.36. The first-order valence-electron chi connectivity index (χ1n) is 12.8. The first-order valence-corrected chi connectivity index (χ1v) is 12.8. The van der Waals surface area contributed by atoms with E-state index in [2.05, 4.69) is 27.8 Å². The summed E-state index contributed by atoms with van der Waals surface area (Å²) in [6, 6.07) is 3.14. The number of hydrogen-bond acceptors (Lipinski definition) is 5. The fourth-order valence-electron chi connectivity index (χ4n) is 5.29. The van der Waals surface area contributed by atoms with Gasteiger partial charge in [-0.1, -0.05) is 25.8 Å². The number of allylic oxidation sites excluding steroid dienone is 2. The van der Waals surface area contributed by atoms with Crippen LogP contribution in [0.15, 0.2) is 40.7 Å². The zero-order valence-corrected chi connectivity index (χ0v) is 21.7. The van der Waals surface area contributed by atoms with Crippen LogP contribution < -0.4 is 16.0 Å². The molecular formula is C27H37FN4O5. The summed E-state index contributed by atoms with van der Waals surface area (Å²) in [5, 5.41) is 27.6. The highest BCUT2D eigenvalue weighted by Gasteiger charge is 2.36. The molecule has 0 spiro atoms. The number of nitrogens with zero attached hydrogens (tertiary/aromatic N) is 1. The van der Waals surface area contributed by atoms with E-state index in [1.54, 1.807) is 13.8 Å². The second kappa shape index (κ2) is 12.7. The number of hydrogen-bond donors (Lipinski definition) is 5. The van der Waals surface area contributed by atoms with Crippen molar-refractivity contribution < 1.29 is 29.0 Å². The van der Waals surface area contributed by atoms with Crippen molar-refractivity contribution >= 4 is 23.7 Å². The number of amides is 2. The molecule has 5 N–H and O–H groups in total. The van der Waals surface area contributed by atoms with Gasteiger partial charge in [0, 0.05) is 17.9 Å². The van der Waals surface area contributed by atoms with Gasteiger partial charge in [0.25, 0.3) is 0 Å². The molecule has 1 aromatic rings. The Balaban J connectivity index is 1.63. The molecule has 202 valence electrons. The van der Waals surface area contributed by atoms with E-state index in [1.165, 1.54) is 37.8 Å². The fourth-order valence-corrected chi connectivity index (χ4v) is 5.29. The van der Waals surface area contributed by atoms with Gasteiger partial charge in [0.15, 0.2) is 0 Å². The quantitative estimate of drug-likeness (QED) is 0.294. The average Bonchev–Trinajstić information content (AvgIpc) is 2.83. The Bertz CT molecular complexity index is 1060. The van der Waals surface area contributed by atoms with Gasteiger partial charge in [0.05, 0.1) is 22.8 Å². The lowest BCUT2D eigenvalue weighted by molar-refractivity contribution is -0.133. The summed E-state index contributed by atoms with van der Waals surface area (Å²) in [6.45, 7) is 8.76. The standard InChI is InChI=1S/C27H37FN4O5/c1-4-6-18-9-13-32(14-10-18)12-5-11-29-27(37)31-21-15-19(7-8-20(21)28)24-22(25(33)34)16(2)30-17(3)23(24)26(35)36/h7-8,15,18,24,30H,4-6,9-14H2,1-3H3,(H,33,34)(H,35,36)(H2,29,31,37). The number of benzene rings is 1. The summed E-state index contributed by atoms with van der Waals surface area (Å²) < 4.78 is 14.6. The fraction of sp³-hybridized carbons (Fsp3) is 0.519. The van der Waals surface area contributed by atoms with E-state index in [1.807, 2.05) is 0 Å². The predicted octanol–water partition coefficient (Wildman–Crippen LogP) is 4.25. The number of carbonyl (C=O) groups is 3. The minimum atomic E-state index is -1.28. The van der Waals surface area contributed by atoms with Crippen LogP contribution in [0.2, 0.25) is 0 Å². The second-order valence-corrected chi connectivity index (χ2v) is 9.79. The van der Waals surface area contributed by atoms with Crippen molar-refractivity contribution in [1.29, 1.82) is 0 Å². The molecule has 0 aromatic heterocycles. The van der Waals surface area contributed by atoms with E-state index >= 15 is 0 Å². The van der Waals surface area contributed by atoms with Crippen molar-refractivity contribution in [2.45, 2.75) is 58.8 Å². The normalized spacial score (nSPS) is 17.5. The monoisotopic (exact) mass is 516 g/mol. The van der Waals surface area contributed by atoms with E-state index in [-0.39, 0.29) is 22.4 Å². The van der Waals surface area contributed by atoms with E-state index in [4.69, 9.17) is 0 Å². The van der Waals surface area contributed by atoms with Crippen LogP contribution in [0.3, 0.4) is 0 Å². The number of anilines is 1. The number of piperidine rings is 1. The summed E-state index contributed by atoms with van der Waals surface area (Å²) in [6.07, 6.45) is 5.70. The Morgan fingerprint density at radius 2 is 1.70 bits per heavy atom. The first-order chi connectivity index (χ1) is 17.6. The average molecular weight is 517 g/mol. The summed E-state index contributed by atoms with van der Waals surface area (Å²) in [4.78, 5) is 38.8. The number of likely N-dealkylation sites (tertiary alicyclic amines) is 1. The van der Waals surface area contributed by atoms with Crippen molar-refractivity contribution in [3.8, 4) is 0 Å². The molecule has 0 atom stereocenters. The maximum atomic E-state index is 14.6. The molecule has 3 rings (SSSR count). The number of halogens is 1. The smallest absolute Gasteiger partial charge is 0.334 e. The van der Waals surface area contributed by atoms with Crippen LogP contribution in [-0.2, 0) is 9.59 Å². The third-order valence-corrected chi connectivity index (χ3v) is 7.13. The van der Waals surface area contributed by atoms with E-state index < -0.39 is 29.7 Å². The SMILES string of the molecule is CCCC1CCN(CCCNC(=O)Nc2cc(C3C(C(=O)O)=C(C)NC(C)=C3C(=O)O)ccc2F)CC1. The number of rotatable bonds is 10. The zero-order valence-electron chi connectivity index (χ0n) is 21.7. The molecule has 0 unspecified atom stereocenters. The highest BCUT2D eigenvalue weighted by Crippen LogP contribution is 2.39.